The van der Waals surface area contributed by atoms with Crippen molar-refractivity contribution in [3.63, 3.8) is 0 Å². The molecule has 96 valence electrons. The van der Waals surface area contributed by atoms with Gasteiger partial charge in [-0.1, -0.05) is 27.5 Å². The quantitative estimate of drug-likeness (QED) is 0.861. The molecule has 0 unspecified atom stereocenters. The summed E-state index contributed by atoms with van der Waals surface area (Å²) in [7, 11) is 0. The lowest BCUT2D eigenvalue weighted by Crippen LogP contribution is -2.00. The fourth-order valence-electron chi connectivity index (χ4n) is 1.56. The average Bonchev–Trinajstić information content (AvgIpc) is 2.73. The molecule has 0 amide bonds. The topological polar surface area (TPSA) is 29.5 Å². The average molecular weight is 348 g/mol. The molecule has 2 rings (SSSR count). The van der Waals surface area contributed by atoms with E-state index in [0.29, 0.717) is 12.4 Å². The number of hydrogen-bond donors (Lipinski definition) is 1. The minimum atomic E-state index is -0.565. The van der Waals surface area contributed by atoms with Gasteiger partial charge in [-0.15, -0.1) is 11.3 Å². The van der Waals surface area contributed by atoms with Crippen LogP contribution in [0.15, 0.2) is 34.8 Å². The van der Waals surface area contributed by atoms with Crippen molar-refractivity contribution in [3.05, 3.63) is 49.6 Å². The van der Waals surface area contributed by atoms with Crippen LogP contribution in [0, 0.1) is 0 Å². The van der Waals surface area contributed by atoms with Crippen LogP contribution in [0.4, 0.5) is 0 Å². The number of aliphatic hydroxyl groups excluding tert-OH is 1. The van der Waals surface area contributed by atoms with Crippen LogP contribution in [-0.4, -0.2) is 5.11 Å². The number of ether oxygens (including phenoxy) is 1. The largest absolute Gasteiger partial charge is 0.488 e. The van der Waals surface area contributed by atoms with Crippen LogP contribution in [0.3, 0.4) is 0 Å². The number of benzene rings is 1. The van der Waals surface area contributed by atoms with E-state index in [1.54, 1.807) is 6.92 Å². The van der Waals surface area contributed by atoms with Crippen molar-refractivity contribution in [2.45, 2.75) is 19.6 Å². The normalized spacial score (nSPS) is 12.4. The molecule has 0 fully saturated rings. The molecule has 1 heterocycles. The van der Waals surface area contributed by atoms with Gasteiger partial charge in [0.25, 0.3) is 0 Å². The molecule has 1 aromatic heterocycles. The Bertz CT molecular complexity index is 540. The molecule has 1 atom stereocenters. The molecule has 5 heteroatoms. The second kappa shape index (κ2) is 6.06. The summed E-state index contributed by atoms with van der Waals surface area (Å²) in [6.45, 7) is 2.18. The lowest BCUT2D eigenvalue weighted by Gasteiger charge is -2.13. The van der Waals surface area contributed by atoms with E-state index in [9.17, 15) is 5.11 Å². The van der Waals surface area contributed by atoms with Crippen molar-refractivity contribution in [2.24, 2.45) is 0 Å². The Hall–Kier alpha value is -0.550. The first-order chi connectivity index (χ1) is 8.56. The molecule has 0 bridgehead atoms. The molecule has 0 aliphatic carbocycles. The first-order valence-corrected chi connectivity index (χ1v) is 7.39. The van der Waals surface area contributed by atoms with Crippen LogP contribution in [0.5, 0.6) is 5.75 Å². The van der Waals surface area contributed by atoms with Crippen LogP contribution >= 0.6 is 38.9 Å². The number of aliphatic hydroxyl groups is 1. The Morgan fingerprint density at radius 2 is 2.17 bits per heavy atom. The van der Waals surface area contributed by atoms with Crippen molar-refractivity contribution in [1.82, 2.24) is 0 Å². The maximum atomic E-state index is 9.71. The predicted octanol–water partition coefficient (Wildman–Crippen LogP) is 4.80. The summed E-state index contributed by atoms with van der Waals surface area (Å²) < 4.78 is 7.40. The maximum Gasteiger partial charge on any atom is 0.125 e. The Balaban J connectivity index is 2.13. The van der Waals surface area contributed by atoms with Crippen molar-refractivity contribution in [1.29, 1.82) is 0 Å². The van der Waals surface area contributed by atoms with Crippen molar-refractivity contribution >= 4 is 38.9 Å². The van der Waals surface area contributed by atoms with Gasteiger partial charge in [0.05, 0.1) is 10.4 Å². The molecule has 0 saturated carbocycles. The van der Waals surface area contributed by atoms with Gasteiger partial charge in [-0.25, -0.2) is 0 Å². The van der Waals surface area contributed by atoms with E-state index in [1.807, 2.05) is 30.3 Å². The van der Waals surface area contributed by atoms with Crippen molar-refractivity contribution < 1.29 is 9.84 Å². The molecule has 1 N–H and O–H groups in total. The second-order valence-corrected chi connectivity index (χ2v) is 6.57. The molecule has 2 nitrogen and oxygen atoms in total. The van der Waals surface area contributed by atoms with Crippen LogP contribution < -0.4 is 4.74 Å². The number of thiophene rings is 1. The first kappa shape index (κ1) is 13.9. The molecule has 18 heavy (non-hydrogen) atoms. The summed E-state index contributed by atoms with van der Waals surface area (Å²) in [5, 5.41) is 9.71. The highest BCUT2D eigenvalue weighted by Gasteiger charge is 2.10. The maximum absolute atomic E-state index is 9.71. The molecular formula is C13H12BrClO2S. The molecule has 0 radical (unpaired) electrons. The lowest BCUT2D eigenvalue weighted by molar-refractivity contribution is 0.190. The zero-order valence-corrected chi connectivity index (χ0v) is 12.8. The van der Waals surface area contributed by atoms with Gasteiger partial charge in [0, 0.05) is 14.9 Å². The Kier molecular flexibility index (Phi) is 4.67. The van der Waals surface area contributed by atoms with Crippen LogP contribution in [0.1, 0.15) is 23.5 Å². The van der Waals surface area contributed by atoms with Gasteiger partial charge < -0.3 is 9.84 Å². The lowest BCUT2D eigenvalue weighted by atomic mass is 10.1. The molecule has 0 spiro atoms. The predicted molar refractivity (Wildman–Crippen MR) is 78.4 cm³/mol. The highest BCUT2D eigenvalue weighted by Crippen LogP contribution is 2.30. The summed E-state index contributed by atoms with van der Waals surface area (Å²) in [6.07, 6.45) is -0.565. The third-order valence-electron chi connectivity index (χ3n) is 2.42. The minimum Gasteiger partial charge on any atom is -0.488 e. The molecular weight excluding hydrogens is 336 g/mol. The SMILES string of the molecule is C[C@H](O)c1cc(Br)ccc1OCc1ccc(Cl)s1. The standard InChI is InChI=1S/C13H12BrClO2S/c1-8(16)11-6-9(14)2-4-12(11)17-7-10-3-5-13(15)18-10/h2-6,8,16H,7H2,1H3/t8-/m0/s1. The van der Waals surface area contributed by atoms with E-state index in [0.717, 1.165) is 19.2 Å². The van der Waals surface area contributed by atoms with Crippen LogP contribution in [-0.2, 0) is 6.61 Å². The highest BCUT2D eigenvalue weighted by molar-refractivity contribution is 9.10. The van der Waals surface area contributed by atoms with Gasteiger partial charge in [-0.05, 0) is 37.3 Å². The van der Waals surface area contributed by atoms with Gasteiger partial charge in [0.1, 0.15) is 12.4 Å². The first-order valence-electron chi connectivity index (χ1n) is 5.41. The van der Waals surface area contributed by atoms with Crippen molar-refractivity contribution in [2.75, 3.05) is 0 Å². The van der Waals surface area contributed by atoms with Crippen molar-refractivity contribution in [3.8, 4) is 5.75 Å². The Morgan fingerprint density at radius 3 is 2.78 bits per heavy atom. The van der Waals surface area contributed by atoms with Gasteiger partial charge in [0.2, 0.25) is 0 Å². The third kappa shape index (κ3) is 3.48. The monoisotopic (exact) mass is 346 g/mol. The molecule has 0 saturated heterocycles. The van der Waals surface area contributed by atoms with Crippen LogP contribution in [0.25, 0.3) is 0 Å². The minimum absolute atomic E-state index is 0.457. The summed E-state index contributed by atoms with van der Waals surface area (Å²) in [4.78, 5) is 1.06. The molecule has 1 aromatic carbocycles. The Labute approximate surface area is 123 Å². The van der Waals surface area contributed by atoms with Gasteiger partial charge in [-0.3, -0.25) is 0 Å². The highest BCUT2D eigenvalue weighted by atomic mass is 79.9. The van der Waals surface area contributed by atoms with E-state index in [-0.39, 0.29) is 0 Å². The van der Waals surface area contributed by atoms with Gasteiger partial charge in [-0.2, -0.15) is 0 Å². The smallest absolute Gasteiger partial charge is 0.125 e. The number of rotatable bonds is 4. The summed E-state index contributed by atoms with van der Waals surface area (Å²) in [5.41, 5.74) is 0.770. The molecule has 2 aromatic rings. The van der Waals surface area contributed by atoms with E-state index in [2.05, 4.69) is 15.9 Å². The molecule has 0 aliphatic heterocycles. The zero-order chi connectivity index (χ0) is 13.1. The summed E-state index contributed by atoms with van der Waals surface area (Å²) in [6, 6.07) is 9.39. The fourth-order valence-corrected chi connectivity index (χ4v) is 2.94. The fraction of sp³-hybridized carbons (Fsp3) is 0.231. The van der Waals surface area contributed by atoms with E-state index in [4.69, 9.17) is 16.3 Å². The summed E-state index contributed by atoms with van der Waals surface area (Å²) >= 11 is 10.7. The van der Waals surface area contributed by atoms with E-state index < -0.39 is 6.10 Å². The van der Waals surface area contributed by atoms with Gasteiger partial charge in [0.15, 0.2) is 0 Å². The second-order valence-electron chi connectivity index (χ2n) is 3.85. The number of halogens is 2. The zero-order valence-electron chi connectivity index (χ0n) is 9.69. The Morgan fingerprint density at radius 1 is 1.39 bits per heavy atom. The summed E-state index contributed by atoms with van der Waals surface area (Å²) in [5.74, 6) is 0.692. The van der Waals surface area contributed by atoms with E-state index in [1.165, 1.54) is 11.3 Å². The number of hydrogen-bond acceptors (Lipinski definition) is 3. The molecule has 0 aliphatic rings. The van der Waals surface area contributed by atoms with E-state index >= 15 is 0 Å². The third-order valence-corrected chi connectivity index (χ3v) is 4.12. The van der Waals surface area contributed by atoms with Crippen LogP contribution in [0.2, 0.25) is 4.34 Å². The van der Waals surface area contributed by atoms with Gasteiger partial charge >= 0.3 is 0 Å².